The summed E-state index contributed by atoms with van der Waals surface area (Å²) in [5.41, 5.74) is 1.60. The van der Waals surface area contributed by atoms with Crippen LogP contribution in [0.3, 0.4) is 0 Å². The van der Waals surface area contributed by atoms with Gasteiger partial charge in [-0.05, 0) is 45.9 Å². The molecule has 0 saturated heterocycles. The predicted molar refractivity (Wildman–Crippen MR) is 152 cm³/mol. The van der Waals surface area contributed by atoms with Gasteiger partial charge in [0.25, 0.3) is 0 Å². The van der Waals surface area contributed by atoms with E-state index < -0.39 is 51.8 Å². The fraction of sp³-hybridized carbons (Fsp3) is 0.500. The van der Waals surface area contributed by atoms with E-state index >= 15 is 0 Å². The van der Waals surface area contributed by atoms with E-state index in [0.717, 1.165) is 14.7 Å². The molecule has 0 N–H and O–H groups in total. The van der Waals surface area contributed by atoms with Gasteiger partial charge in [0.1, 0.15) is 19.5 Å². The fourth-order valence-electron chi connectivity index (χ4n) is 6.87. The highest BCUT2D eigenvalue weighted by Crippen LogP contribution is 2.88. The molecule has 0 spiro atoms. The van der Waals surface area contributed by atoms with Crippen molar-refractivity contribution in [1.82, 2.24) is 0 Å². The molecule has 0 radical (unpaired) electrons. The third-order valence-electron chi connectivity index (χ3n) is 8.09. The van der Waals surface area contributed by atoms with Crippen molar-refractivity contribution in [2.75, 3.05) is 0 Å². The van der Waals surface area contributed by atoms with Crippen LogP contribution >= 0.6 is 162 Å². The number of fused-ring (bicyclic) bond motifs is 14. The van der Waals surface area contributed by atoms with Crippen molar-refractivity contribution in [3.05, 3.63) is 53.0 Å². The number of halogens is 13. The van der Waals surface area contributed by atoms with Crippen molar-refractivity contribution in [2.24, 2.45) is 11.8 Å². The van der Waals surface area contributed by atoms with Crippen LogP contribution in [0.5, 0.6) is 0 Å². The van der Waals surface area contributed by atoms with Gasteiger partial charge >= 0.3 is 0 Å². The van der Waals surface area contributed by atoms with Gasteiger partial charge in [0.15, 0.2) is 8.67 Å². The van der Waals surface area contributed by atoms with Crippen molar-refractivity contribution in [3.63, 3.8) is 0 Å². The minimum Gasteiger partial charge on any atom is -0.109 e. The van der Waals surface area contributed by atoms with E-state index in [0.29, 0.717) is 0 Å². The molecule has 0 aromatic heterocycles. The molecule has 1 aromatic rings. The molecule has 1 aromatic carbocycles. The molecule has 2 saturated carbocycles. The second kappa shape index (κ2) is 7.15. The van der Waals surface area contributed by atoms with E-state index in [-0.39, 0.29) is 20.1 Å². The standard InChI is InChI=1S/C20H7Cl12I/c21-11-13(23)17(27)9-7(15(11,25)19(17,29)30)5-2-1-4(33)3-6(5)8-10(9)18(28)14(24)12(22)16(8,26)20(18,31)32/h1-3,7-10H/t7-,8-,9+,10+,15-,16+,17-,18+/m0/s1. The van der Waals surface area contributed by atoms with Gasteiger partial charge in [-0.25, -0.2) is 0 Å². The molecule has 0 amide bonds. The smallest absolute Gasteiger partial charge is 0.109 e. The minimum atomic E-state index is -1.81. The number of benzene rings is 1. The second-order valence-corrected chi connectivity index (χ2v) is 16.8. The highest BCUT2D eigenvalue weighted by molar-refractivity contribution is 14.1. The maximum absolute atomic E-state index is 7.29. The average molecular weight is 800 g/mol. The summed E-state index contributed by atoms with van der Waals surface area (Å²) in [6.45, 7) is 0. The zero-order valence-electron chi connectivity index (χ0n) is 15.5. The van der Waals surface area contributed by atoms with E-state index in [1.165, 1.54) is 0 Å². The van der Waals surface area contributed by atoms with E-state index in [4.69, 9.17) is 139 Å². The molecule has 5 aliphatic rings. The molecule has 5 aliphatic carbocycles. The number of alkyl halides is 8. The Balaban J connectivity index is 1.79. The molecule has 0 unspecified atom stereocenters. The summed E-state index contributed by atoms with van der Waals surface area (Å²) < 4.78 is -2.68. The van der Waals surface area contributed by atoms with Crippen molar-refractivity contribution in [2.45, 2.75) is 40.0 Å². The van der Waals surface area contributed by atoms with Gasteiger partial charge < -0.3 is 0 Å². The van der Waals surface area contributed by atoms with Crippen LogP contribution in [0.25, 0.3) is 0 Å². The van der Waals surface area contributed by atoms with Crippen LogP contribution in [-0.2, 0) is 0 Å². The van der Waals surface area contributed by atoms with Crippen molar-refractivity contribution >= 4 is 162 Å². The van der Waals surface area contributed by atoms with Gasteiger partial charge in [0.05, 0.1) is 20.1 Å². The first-order valence-corrected chi connectivity index (χ1v) is 15.0. The first-order valence-electron chi connectivity index (χ1n) is 9.43. The maximum Gasteiger partial charge on any atom is 0.167 e. The van der Waals surface area contributed by atoms with Crippen LogP contribution < -0.4 is 0 Å². The zero-order valence-corrected chi connectivity index (χ0v) is 26.7. The Bertz CT molecular complexity index is 1240. The summed E-state index contributed by atoms with van der Waals surface area (Å²) in [6.07, 6.45) is 0. The van der Waals surface area contributed by atoms with Crippen molar-refractivity contribution < 1.29 is 0 Å². The highest BCUT2D eigenvalue weighted by atomic mass is 127. The first kappa shape index (κ1) is 26.1. The van der Waals surface area contributed by atoms with Crippen LogP contribution in [-0.4, -0.2) is 28.2 Å². The number of rotatable bonds is 0. The highest BCUT2D eigenvalue weighted by Gasteiger charge is 2.91. The molecule has 6 rings (SSSR count). The quantitative estimate of drug-likeness (QED) is 0.181. The molecular formula is C20H7Cl12I. The number of hydrogen-bond acceptors (Lipinski definition) is 0. The van der Waals surface area contributed by atoms with Gasteiger partial charge in [0.2, 0.25) is 0 Å². The lowest BCUT2D eigenvalue weighted by atomic mass is 9.57. The lowest BCUT2D eigenvalue weighted by Crippen LogP contribution is -2.53. The molecular weight excluding hydrogens is 793 g/mol. The van der Waals surface area contributed by atoms with Crippen LogP contribution in [0, 0.1) is 15.4 Å². The van der Waals surface area contributed by atoms with E-state index in [2.05, 4.69) is 22.6 Å². The normalized spacial score (nSPS) is 50.1. The number of hydrogen-bond donors (Lipinski definition) is 0. The molecule has 178 valence electrons. The molecule has 13 heteroatoms. The fourth-order valence-corrected chi connectivity index (χ4v) is 13.4. The SMILES string of the molecule is ClC1=C(Cl)[C@@]2(Cl)[C@H]3c4ccc(I)cc4[C@H]4[C@H]([C@@H]3[C@@]1(Cl)C2(Cl)Cl)[C@@]1(Cl)C(Cl)=C(Cl)[C@@]4(Cl)C1(Cl)Cl. The Hall–Kier alpha value is 2.91. The van der Waals surface area contributed by atoms with Gasteiger partial charge in [-0.15, -0.1) is 46.4 Å². The summed E-state index contributed by atoms with van der Waals surface area (Å²) in [7, 11) is 0. The molecule has 0 nitrogen and oxygen atoms in total. The Morgan fingerprint density at radius 3 is 1.33 bits per heavy atom. The van der Waals surface area contributed by atoms with Crippen LogP contribution in [0.4, 0.5) is 0 Å². The third-order valence-corrected chi connectivity index (χ3v) is 17.3. The van der Waals surface area contributed by atoms with E-state index in [1.807, 2.05) is 18.2 Å². The van der Waals surface area contributed by atoms with Crippen LogP contribution in [0.15, 0.2) is 38.3 Å². The topological polar surface area (TPSA) is 0 Å². The third kappa shape index (κ3) is 2.31. The summed E-state index contributed by atoms with van der Waals surface area (Å²) in [4.78, 5) is -6.36. The van der Waals surface area contributed by atoms with Gasteiger partial charge in [-0.2, -0.15) is 0 Å². The lowest BCUT2D eigenvalue weighted by molar-refractivity contribution is 0.201. The van der Waals surface area contributed by atoms with E-state index in [9.17, 15) is 0 Å². The first-order chi connectivity index (χ1) is 15.0. The molecule has 8 atom stereocenters. The molecule has 4 bridgehead atoms. The van der Waals surface area contributed by atoms with Crippen LogP contribution in [0.1, 0.15) is 23.0 Å². The molecule has 0 heterocycles. The Morgan fingerprint density at radius 2 is 0.909 bits per heavy atom. The van der Waals surface area contributed by atoms with E-state index in [1.54, 1.807) is 0 Å². The average Bonchev–Trinajstić information content (AvgIpc) is 3.08. The Kier molecular flexibility index (Phi) is 5.67. The van der Waals surface area contributed by atoms with Gasteiger partial charge in [0, 0.05) is 27.2 Å². The maximum atomic E-state index is 7.29. The number of allylic oxidation sites excluding steroid dienone is 4. The van der Waals surface area contributed by atoms with Crippen LogP contribution in [0.2, 0.25) is 0 Å². The predicted octanol–water partition coefficient (Wildman–Crippen LogP) is 10.4. The largest absolute Gasteiger partial charge is 0.167 e. The molecule has 33 heavy (non-hydrogen) atoms. The molecule has 0 aliphatic heterocycles. The zero-order chi connectivity index (χ0) is 24.5. The van der Waals surface area contributed by atoms with Gasteiger partial charge in [-0.3, -0.25) is 0 Å². The summed E-state index contributed by atoms with van der Waals surface area (Å²) >= 11 is 85.9. The van der Waals surface area contributed by atoms with Crippen molar-refractivity contribution in [1.29, 1.82) is 0 Å². The summed E-state index contributed by atoms with van der Waals surface area (Å²) in [6, 6.07) is 5.82. The Morgan fingerprint density at radius 1 is 0.545 bits per heavy atom. The Labute approximate surface area is 263 Å². The van der Waals surface area contributed by atoms with Crippen molar-refractivity contribution in [3.8, 4) is 0 Å². The lowest BCUT2D eigenvalue weighted by Gasteiger charge is -2.52. The molecule has 2 fully saturated rings. The second-order valence-electron chi connectivity index (χ2n) is 9.03. The monoisotopic (exact) mass is 794 g/mol. The minimum absolute atomic E-state index is 0.0485. The summed E-state index contributed by atoms with van der Waals surface area (Å²) in [5, 5.41) is 0.274. The van der Waals surface area contributed by atoms with Gasteiger partial charge in [-0.1, -0.05) is 98.9 Å². The summed E-state index contributed by atoms with van der Waals surface area (Å²) in [5.74, 6) is -2.58.